The molecule has 7 heteroatoms. The molecule has 2 aromatic rings. The number of hydrogen-bond acceptors (Lipinski definition) is 5. The fraction of sp³-hybridized carbons (Fsp3) is 0.467. The summed E-state index contributed by atoms with van der Waals surface area (Å²) in [5, 5.41) is 3.60. The highest BCUT2D eigenvalue weighted by atomic mass is 16.2. The summed E-state index contributed by atoms with van der Waals surface area (Å²) < 4.78 is 1.64. The Bertz CT molecular complexity index is 806. The largest absolute Gasteiger partial charge is 0.365 e. The van der Waals surface area contributed by atoms with Gasteiger partial charge in [0, 0.05) is 18.5 Å². The third kappa shape index (κ3) is 2.22. The molecular formula is C15H19N5O2. The normalized spacial score (nSPS) is 15.4. The van der Waals surface area contributed by atoms with Crippen LogP contribution in [0.4, 0.5) is 5.95 Å². The van der Waals surface area contributed by atoms with Gasteiger partial charge < -0.3 is 11.1 Å². The molecule has 0 radical (unpaired) electrons. The molecule has 0 aliphatic heterocycles. The van der Waals surface area contributed by atoms with Crippen LogP contribution in [0.2, 0.25) is 0 Å². The lowest BCUT2D eigenvalue weighted by Gasteiger charge is -2.18. The second-order valence-corrected chi connectivity index (χ2v) is 5.66. The van der Waals surface area contributed by atoms with Crippen LogP contribution in [-0.4, -0.2) is 27.5 Å². The van der Waals surface area contributed by atoms with Crippen LogP contribution >= 0.6 is 0 Å². The van der Waals surface area contributed by atoms with E-state index in [-0.39, 0.29) is 17.2 Å². The molecule has 7 nitrogen and oxygen atoms in total. The van der Waals surface area contributed by atoms with Gasteiger partial charge in [-0.05, 0) is 25.8 Å². The summed E-state index contributed by atoms with van der Waals surface area (Å²) in [4.78, 5) is 33.1. The number of nitrogens with zero attached hydrogens (tertiary/aromatic N) is 3. The van der Waals surface area contributed by atoms with Crippen molar-refractivity contribution in [2.24, 2.45) is 5.73 Å². The molecule has 0 aromatic carbocycles. The molecule has 0 bridgehead atoms. The maximum atomic E-state index is 12.7. The summed E-state index contributed by atoms with van der Waals surface area (Å²) in [5.41, 5.74) is 6.30. The number of amides is 1. The highest BCUT2D eigenvalue weighted by molar-refractivity contribution is 5.96. The number of fused-ring (bicyclic) bond motifs is 1. The lowest BCUT2D eigenvalue weighted by molar-refractivity contribution is 0.0998. The van der Waals surface area contributed by atoms with Gasteiger partial charge in [0.15, 0.2) is 0 Å². The number of hydrogen-bond donors (Lipinski definition) is 2. The molecule has 1 amide bonds. The summed E-state index contributed by atoms with van der Waals surface area (Å²) in [6.45, 7) is 1.83. The molecule has 3 rings (SSSR count). The van der Waals surface area contributed by atoms with Crippen LogP contribution in [0, 0.1) is 6.92 Å². The Morgan fingerprint density at radius 3 is 2.64 bits per heavy atom. The average Bonchev–Trinajstić information content (AvgIpc) is 2.99. The van der Waals surface area contributed by atoms with Crippen LogP contribution in [0.3, 0.4) is 0 Å². The number of carbonyl (C=O) groups is 1. The van der Waals surface area contributed by atoms with Crippen LogP contribution in [0.15, 0.2) is 10.9 Å². The van der Waals surface area contributed by atoms with Crippen LogP contribution in [0.5, 0.6) is 0 Å². The van der Waals surface area contributed by atoms with Crippen molar-refractivity contribution >= 4 is 22.9 Å². The molecule has 2 aromatic heterocycles. The molecule has 3 N–H and O–H groups in total. The van der Waals surface area contributed by atoms with Gasteiger partial charge in [-0.15, -0.1) is 0 Å². The first-order chi connectivity index (χ1) is 10.5. The highest BCUT2D eigenvalue weighted by Crippen LogP contribution is 2.31. The summed E-state index contributed by atoms with van der Waals surface area (Å²) in [5.74, 6) is -0.251. The lowest BCUT2D eigenvalue weighted by Crippen LogP contribution is -2.32. The minimum absolute atomic E-state index is 0.00306. The Hall–Kier alpha value is -2.44. The minimum atomic E-state index is -0.712. The molecule has 1 fully saturated rings. The van der Waals surface area contributed by atoms with Gasteiger partial charge in [0.2, 0.25) is 5.95 Å². The molecule has 1 aliphatic rings. The molecule has 0 unspecified atom stereocenters. The summed E-state index contributed by atoms with van der Waals surface area (Å²) >= 11 is 0. The van der Waals surface area contributed by atoms with E-state index in [0.717, 1.165) is 25.7 Å². The summed E-state index contributed by atoms with van der Waals surface area (Å²) in [6.07, 6.45) is 3.97. The van der Waals surface area contributed by atoms with E-state index in [1.54, 1.807) is 11.6 Å². The third-order valence-electron chi connectivity index (χ3n) is 4.26. The second-order valence-electron chi connectivity index (χ2n) is 5.66. The zero-order valence-corrected chi connectivity index (χ0v) is 12.7. The quantitative estimate of drug-likeness (QED) is 0.891. The van der Waals surface area contributed by atoms with E-state index >= 15 is 0 Å². The molecule has 2 heterocycles. The molecule has 116 valence electrons. The Morgan fingerprint density at radius 1 is 1.36 bits per heavy atom. The first kappa shape index (κ1) is 14.5. The second kappa shape index (κ2) is 5.40. The number of primary amides is 1. The van der Waals surface area contributed by atoms with Crippen LogP contribution in [-0.2, 0) is 0 Å². The number of aryl methyl sites for hydroxylation is 1. The van der Waals surface area contributed by atoms with Gasteiger partial charge in [-0.3, -0.25) is 14.2 Å². The number of nitrogens with one attached hydrogen (secondary N) is 1. The number of nitrogens with two attached hydrogens (primary N) is 1. The van der Waals surface area contributed by atoms with Crippen molar-refractivity contribution < 1.29 is 4.79 Å². The number of rotatable bonds is 3. The molecule has 0 saturated heterocycles. The van der Waals surface area contributed by atoms with E-state index in [9.17, 15) is 9.59 Å². The van der Waals surface area contributed by atoms with Crippen molar-refractivity contribution in [2.45, 2.75) is 38.6 Å². The molecular weight excluding hydrogens is 282 g/mol. The number of pyridine rings is 1. The molecule has 1 aliphatic carbocycles. The van der Waals surface area contributed by atoms with Crippen molar-refractivity contribution in [1.29, 1.82) is 0 Å². The van der Waals surface area contributed by atoms with Gasteiger partial charge >= 0.3 is 0 Å². The summed E-state index contributed by atoms with van der Waals surface area (Å²) in [7, 11) is 1.73. The van der Waals surface area contributed by atoms with Crippen molar-refractivity contribution in [3.63, 3.8) is 0 Å². The Morgan fingerprint density at radius 2 is 2.05 bits per heavy atom. The van der Waals surface area contributed by atoms with Gasteiger partial charge in [0.25, 0.3) is 11.5 Å². The Kier molecular flexibility index (Phi) is 3.56. The third-order valence-corrected chi connectivity index (χ3v) is 4.26. The first-order valence-electron chi connectivity index (χ1n) is 7.44. The van der Waals surface area contributed by atoms with Crippen molar-refractivity contribution in [3.05, 3.63) is 27.7 Å². The summed E-state index contributed by atoms with van der Waals surface area (Å²) in [6, 6.07) is 1.58. The zero-order valence-electron chi connectivity index (χ0n) is 12.7. The fourth-order valence-corrected chi connectivity index (χ4v) is 3.14. The average molecular weight is 301 g/mol. The number of anilines is 1. The van der Waals surface area contributed by atoms with E-state index in [0.29, 0.717) is 22.7 Å². The van der Waals surface area contributed by atoms with E-state index in [4.69, 9.17) is 5.73 Å². The van der Waals surface area contributed by atoms with E-state index in [2.05, 4.69) is 15.3 Å². The predicted octanol–water partition coefficient (Wildman–Crippen LogP) is 1.36. The maximum Gasteiger partial charge on any atom is 0.265 e. The standard InChI is InChI=1S/C15H19N5O2/c1-8-10-7-11(12(16)21)14(22)20(9-5-3-4-6-9)13(10)19-15(17-2)18-8/h7,9H,3-6H2,1-2H3,(H2,16,21)(H,17,18,19). The van der Waals surface area contributed by atoms with Gasteiger partial charge in [0.05, 0.1) is 5.69 Å². The van der Waals surface area contributed by atoms with Gasteiger partial charge in [-0.2, -0.15) is 4.98 Å². The number of aromatic nitrogens is 3. The Balaban J connectivity index is 2.41. The van der Waals surface area contributed by atoms with Crippen molar-refractivity contribution in [3.8, 4) is 0 Å². The van der Waals surface area contributed by atoms with E-state index in [1.807, 2.05) is 6.92 Å². The molecule has 0 atom stereocenters. The lowest BCUT2D eigenvalue weighted by atomic mass is 10.1. The smallest absolute Gasteiger partial charge is 0.265 e. The number of carbonyl (C=O) groups excluding carboxylic acids is 1. The predicted molar refractivity (Wildman–Crippen MR) is 84.1 cm³/mol. The topological polar surface area (TPSA) is 103 Å². The fourth-order valence-electron chi connectivity index (χ4n) is 3.14. The molecule has 0 spiro atoms. The first-order valence-corrected chi connectivity index (χ1v) is 7.44. The molecule has 22 heavy (non-hydrogen) atoms. The SMILES string of the molecule is CNc1nc(C)c2cc(C(N)=O)c(=O)n(C3CCCC3)c2n1. The van der Waals surface area contributed by atoms with Gasteiger partial charge in [-0.1, -0.05) is 12.8 Å². The highest BCUT2D eigenvalue weighted by Gasteiger charge is 2.24. The van der Waals surface area contributed by atoms with Gasteiger partial charge in [0.1, 0.15) is 11.2 Å². The van der Waals surface area contributed by atoms with E-state index in [1.165, 1.54) is 6.07 Å². The van der Waals surface area contributed by atoms with Crippen LogP contribution in [0.25, 0.3) is 11.0 Å². The van der Waals surface area contributed by atoms with Crippen LogP contribution < -0.4 is 16.6 Å². The monoisotopic (exact) mass is 301 g/mol. The van der Waals surface area contributed by atoms with E-state index < -0.39 is 5.91 Å². The van der Waals surface area contributed by atoms with Gasteiger partial charge in [-0.25, -0.2) is 4.98 Å². The maximum absolute atomic E-state index is 12.7. The molecule has 1 saturated carbocycles. The zero-order chi connectivity index (χ0) is 15.9. The van der Waals surface area contributed by atoms with Crippen molar-refractivity contribution in [1.82, 2.24) is 14.5 Å². The van der Waals surface area contributed by atoms with Crippen molar-refractivity contribution in [2.75, 3.05) is 12.4 Å². The Labute approximate surface area is 127 Å². The minimum Gasteiger partial charge on any atom is -0.365 e. The van der Waals surface area contributed by atoms with Crippen LogP contribution in [0.1, 0.15) is 47.8 Å².